The highest BCUT2D eigenvalue weighted by Crippen LogP contribution is 2.22. The fourth-order valence-electron chi connectivity index (χ4n) is 2.32. The standard InChI is InChI=1S/C16H21NO/c1-17(2)15-11-9-14(10-12-15)16(18)13-7-5-3-4-6-8-13/h7,9-12H,3-6,8H2,1-2H3. The zero-order chi connectivity index (χ0) is 13.0. The summed E-state index contributed by atoms with van der Waals surface area (Å²) in [4.78, 5) is 14.4. The van der Waals surface area contributed by atoms with E-state index in [1.165, 1.54) is 12.8 Å². The van der Waals surface area contributed by atoms with Crippen molar-refractivity contribution in [3.05, 3.63) is 41.5 Å². The second-order valence-electron chi connectivity index (χ2n) is 5.10. The Kier molecular flexibility index (Phi) is 4.19. The lowest BCUT2D eigenvalue weighted by atomic mass is 9.99. The summed E-state index contributed by atoms with van der Waals surface area (Å²) < 4.78 is 0. The van der Waals surface area contributed by atoms with Gasteiger partial charge in [0.25, 0.3) is 0 Å². The van der Waals surface area contributed by atoms with Gasteiger partial charge in [-0.05, 0) is 55.5 Å². The van der Waals surface area contributed by atoms with Gasteiger partial charge in [-0.15, -0.1) is 0 Å². The Balaban J connectivity index is 2.15. The molecule has 1 aliphatic rings. The maximum Gasteiger partial charge on any atom is 0.188 e. The second kappa shape index (κ2) is 5.85. The van der Waals surface area contributed by atoms with Crippen molar-refractivity contribution in [1.29, 1.82) is 0 Å². The highest BCUT2D eigenvalue weighted by atomic mass is 16.1. The van der Waals surface area contributed by atoms with Crippen molar-refractivity contribution in [2.24, 2.45) is 0 Å². The molecule has 0 unspecified atom stereocenters. The number of allylic oxidation sites excluding steroid dienone is 2. The summed E-state index contributed by atoms with van der Waals surface area (Å²) in [6.07, 6.45) is 7.73. The predicted octanol–water partition coefficient (Wildman–Crippen LogP) is 3.83. The summed E-state index contributed by atoms with van der Waals surface area (Å²) in [5.74, 6) is 0.210. The predicted molar refractivity (Wildman–Crippen MR) is 76.3 cm³/mol. The van der Waals surface area contributed by atoms with E-state index < -0.39 is 0 Å². The number of carbonyl (C=O) groups is 1. The third kappa shape index (κ3) is 3.00. The molecule has 0 saturated carbocycles. The molecule has 0 saturated heterocycles. The Morgan fingerprint density at radius 3 is 2.44 bits per heavy atom. The van der Waals surface area contributed by atoms with Crippen molar-refractivity contribution in [3.8, 4) is 0 Å². The molecule has 2 nitrogen and oxygen atoms in total. The Morgan fingerprint density at radius 2 is 1.78 bits per heavy atom. The second-order valence-corrected chi connectivity index (χ2v) is 5.10. The minimum Gasteiger partial charge on any atom is -0.378 e. The van der Waals surface area contributed by atoms with Crippen LogP contribution in [-0.4, -0.2) is 19.9 Å². The lowest BCUT2D eigenvalue weighted by Crippen LogP contribution is -2.09. The molecule has 0 fully saturated rings. The zero-order valence-corrected chi connectivity index (χ0v) is 11.3. The van der Waals surface area contributed by atoms with Crippen LogP contribution in [0.2, 0.25) is 0 Å². The first kappa shape index (κ1) is 12.9. The van der Waals surface area contributed by atoms with Crippen molar-refractivity contribution < 1.29 is 4.79 Å². The molecule has 96 valence electrons. The van der Waals surface area contributed by atoms with E-state index in [-0.39, 0.29) is 5.78 Å². The number of carbonyl (C=O) groups excluding carboxylic acids is 1. The number of Topliss-reactive ketones (excluding diaryl/α,β-unsaturated/α-hetero) is 1. The number of hydrogen-bond acceptors (Lipinski definition) is 2. The van der Waals surface area contributed by atoms with E-state index in [4.69, 9.17) is 0 Å². The summed E-state index contributed by atoms with van der Waals surface area (Å²) in [7, 11) is 4.01. The molecule has 0 aliphatic heterocycles. The van der Waals surface area contributed by atoms with Gasteiger partial charge in [-0.2, -0.15) is 0 Å². The monoisotopic (exact) mass is 243 g/mol. The summed E-state index contributed by atoms with van der Waals surface area (Å²) in [5.41, 5.74) is 2.94. The van der Waals surface area contributed by atoms with Gasteiger partial charge in [-0.3, -0.25) is 4.79 Å². The number of benzene rings is 1. The first-order valence-corrected chi connectivity index (χ1v) is 6.69. The number of nitrogens with zero attached hydrogens (tertiary/aromatic N) is 1. The number of anilines is 1. The SMILES string of the molecule is CN(C)c1ccc(C(=O)C2=CCCCCC2)cc1. The molecule has 2 heteroatoms. The maximum atomic E-state index is 12.4. The fraction of sp³-hybridized carbons (Fsp3) is 0.438. The molecule has 0 heterocycles. The van der Waals surface area contributed by atoms with Crippen LogP contribution in [0, 0.1) is 0 Å². The van der Waals surface area contributed by atoms with Gasteiger partial charge < -0.3 is 4.90 Å². The highest BCUT2D eigenvalue weighted by molar-refractivity contribution is 6.08. The van der Waals surface area contributed by atoms with E-state index in [0.29, 0.717) is 0 Å². The molecule has 0 spiro atoms. The van der Waals surface area contributed by atoms with Crippen molar-refractivity contribution in [2.45, 2.75) is 32.1 Å². The van der Waals surface area contributed by atoms with Crippen molar-refractivity contribution >= 4 is 11.5 Å². The molecule has 0 N–H and O–H groups in total. The molecule has 1 aromatic carbocycles. The zero-order valence-electron chi connectivity index (χ0n) is 11.3. The highest BCUT2D eigenvalue weighted by Gasteiger charge is 2.13. The van der Waals surface area contributed by atoms with E-state index >= 15 is 0 Å². The molecular formula is C16H21NO. The van der Waals surface area contributed by atoms with E-state index in [2.05, 4.69) is 6.08 Å². The lowest BCUT2D eigenvalue weighted by molar-refractivity contribution is 0.103. The summed E-state index contributed by atoms with van der Waals surface area (Å²) in [6.45, 7) is 0. The number of ketones is 1. The first-order valence-electron chi connectivity index (χ1n) is 6.69. The molecule has 0 aromatic heterocycles. The van der Waals surface area contributed by atoms with Crippen LogP contribution < -0.4 is 4.90 Å². The molecule has 0 radical (unpaired) electrons. The quantitative estimate of drug-likeness (QED) is 0.752. The average molecular weight is 243 g/mol. The first-order chi connectivity index (χ1) is 8.68. The van der Waals surface area contributed by atoms with Crippen molar-refractivity contribution in [3.63, 3.8) is 0 Å². The van der Waals surface area contributed by atoms with E-state index in [0.717, 1.165) is 36.1 Å². The number of hydrogen-bond donors (Lipinski definition) is 0. The largest absolute Gasteiger partial charge is 0.378 e. The van der Waals surface area contributed by atoms with Crippen LogP contribution in [0.25, 0.3) is 0 Å². The Morgan fingerprint density at radius 1 is 1.06 bits per heavy atom. The molecule has 0 atom stereocenters. The molecule has 0 amide bonds. The van der Waals surface area contributed by atoms with Gasteiger partial charge in [0.15, 0.2) is 5.78 Å². The van der Waals surface area contributed by atoms with Gasteiger partial charge in [0, 0.05) is 25.3 Å². The lowest BCUT2D eigenvalue weighted by Gasteiger charge is -2.12. The third-order valence-electron chi connectivity index (χ3n) is 3.48. The van der Waals surface area contributed by atoms with Crippen LogP contribution in [0.3, 0.4) is 0 Å². The molecule has 18 heavy (non-hydrogen) atoms. The van der Waals surface area contributed by atoms with Gasteiger partial charge in [0.1, 0.15) is 0 Å². The van der Waals surface area contributed by atoms with Crippen molar-refractivity contribution in [2.75, 3.05) is 19.0 Å². The minimum atomic E-state index is 0.210. The van der Waals surface area contributed by atoms with E-state index in [9.17, 15) is 4.79 Å². The van der Waals surface area contributed by atoms with Crippen molar-refractivity contribution in [1.82, 2.24) is 0 Å². The summed E-state index contributed by atoms with van der Waals surface area (Å²) >= 11 is 0. The van der Waals surface area contributed by atoms with Gasteiger partial charge >= 0.3 is 0 Å². The van der Waals surface area contributed by atoms with Gasteiger partial charge in [0.05, 0.1) is 0 Å². The van der Waals surface area contributed by atoms with Crippen LogP contribution >= 0.6 is 0 Å². The summed E-state index contributed by atoms with van der Waals surface area (Å²) in [6, 6.07) is 7.88. The van der Waals surface area contributed by atoms with Gasteiger partial charge in [-0.1, -0.05) is 12.5 Å². The van der Waals surface area contributed by atoms with Crippen LogP contribution in [0.15, 0.2) is 35.9 Å². The Hall–Kier alpha value is -1.57. The van der Waals surface area contributed by atoms with Crippen LogP contribution in [0.5, 0.6) is 0 Å². The molecular weight excluding hydrogens is 222 g/mol. The molecule has 1 aliphatic carbocycles. The van der Waals surface area contributed by atoms with Gasteiger partial charge in [-0.25, -0.2) is 0 Å². The Labute approximate surface area is 109 Å². The van der Waals surface area contributed by atoms with Gasteiger partial charge in [0.2, 0.25) is 0 Å². The van der Waals surface area contributed by atoms with E-state index in [1.807, 2.05) is 43.3 Å². The fourth-order valence-corrected chi connectivity index (χ4v) is 2.32. The average Bonchev–Trinajstić information content (AvgIpc) is 2.67. The van der Waals surface area contributed by atoms with E-state index in [1.54, 1.807) is 0 Å². The normalized spacial score (nSPS) is 15.8. The van der Waals surface area contributed by atoms with Crippen LogP contribution in [0.1, 0.15) is 42.5 Å². The minimum absolute atomic E-state index is 0.210. The van der Waals surface area contributed by atoms with Crippen LogP contribution in [0.4, 0.5) is 5.69 Å². The number of rotatable bonds is 3. The third-order valence-corrected chi connectivity index (χ3v) is 3.48. The molecule has 2 rings (SSSR count). The molecule has 0 bridgehead atoms. The maximum absolute atomic E-state index is 12.4. The smallest absolute Gasteiger partial charge is 0.188 e. The topological polar surface area (TPSA) is 20.3 Å². The van der Waals surface area contributed by atoms with Crippen LogP contribution in [-0.2, 0) is 0 Å². The Bertz CT molecular complexity index is 443. The molecule has 1 aromatic rings. The summed E-state index contributed by atoms with van der Waals surface area (Å²) in [5, 5.41) is 0.